The third-order valence-electron chi connectivity index (χ3n) is 1.88. The van der Waals surface area contributed by atoms with E-state index in [1.165, 1.54) is 10.0 Å². The van der Waals surface area contributed by atoms with Crippen LogP contribution in [0.15, 0.2) is 34.8 Å². The summed E-state index contributed by atoms with van der Waals surface area (Å²) in [6.07, 6.45) is 0. The zero-order valence-corrected chi connectivity index (χ0v) is 11.8. The first-order chi connectivity index (χ1) is 6.43. The van der Waals surface area contributed by atoms with Gasteiger partial charge in [0.25, 0.3) is 0 Å². The van der Waals surface area contributed by atoms with E-state index >= 15 is 0 Å². The number of allylic oxidation sites excluding steroid dienone is 1. The van der Waals surface area contributed by atoms with E-state index in [9.17, 15) is 0 Å². The number of benzene rings is 1. The number of rotatable bonds is 1. The highest BCUT2D eigenvalue weighted by atomic mass is 79.9. The molecule has 2 heteroatoms. The molecule has 0 unspecified atom stereocenters. The Morgan fingerprint density at radius 3 is 1.93 bits per heavy atom. The van der Waals surface area contributed by atoms with Gasteiger partial charge in [0.2, 0.25) is 0 Å². The molecule has 0 atom stereocenters. The van der Waals surface area contributed by atoms with Gasteiger partial charge < -0.3 is 0 Å². The molecule has 0 fully saturated rings. The maximum Gasteiger partial charge on any atom is 0.0354 e. The van der Waals surface area contributed by atoms with Crippen molar-refractivity contribution in [2.75, 3.05) is 0 Å². The van der Waals surface area contributed by atoms with Crippen LogP contribution in [0.3, 0.4) is 0 Å². The van der Waals surface area contributed by atoms with Crippen LogP contribution in [-0.4, -0.2) is 0 Å². The Morgan fingerprint density at radius 2 is 1.50 bits per heavy atom. The van der Waals surface area contributed by atoms with Gasteiger partial charge in [-0.25, -0.2) is 0 Å². The molecule has 0 heterocycles. The maximum absolute atomic E-state index is 3.63. The lowest BCUT2D eigenvalue weighted by Gasteiger charge is -2.19. The summed E-state index contributed by atoms with van der Waals surface area (Å²) in [5, 5.41) is 0. The summed E-state index contributed by atoms with van der Waals surface area (Å²) in [6, 6.07) is 10.3. The molecule has 0 amide bonds. The van der Waals surface area contributed by atoms with Gasteiger partial charge in [-0.1, -0.05) is 67.0 Å². The van der Waals surface area contributed by atoms with Crippen LogP contribution in [0.1, 0.15) is 26.3 Å². The molecule has 1 rings (SSSR count). The molecule has 76 valence electrons. The minimum atomic E-state index is 0.134. The summed E-state index contributed by atoms with van der Waals surface area (Å²) in [4.78, 5) is 0. The Labute approximate surface area is 103 Å². The second-order valence-corrected chi connectivity index (χ2v) is 5.83. The fourth-order valence-electron chi connectivity index (χ4n) is 1.04. The Morgan fingerprint density at radius 1 is 1.00 bits per heavy atom. The number of halogens is 2. The Bertz CT molecular complexity index is 331. The summed E-state index contributed by atoms with van der Waals surface area (Å²) in [5.74, 6) is 0. The van der Waals surface area contributed by atoms with E-state index in [-0.39, 0.29) is 5.41 Å². The van der Waals surface area contributed by atoms with Gasteiger partial charge in [-0.2, -0.15) is 0 Å². The maximum atomic E-state index is 3.63. The van der Waals surface area contributed by atoms with E-state index in [0.717, 1.165) is 4.48 Å². The molecule has 0 nitrogen and oxygen atoms in total. The monoisotopic (exact) mass is 316 g/mol. The van der Waals surface area contributed by atoms with Gasteiger partial charge >= 0.3 is 0 Å². The molecule has 0 aliphatic heterocycles. The third-order valence-corrected chi connectivity index (χ3v) is 4.85. The molecule has 0 aromatic heterocycles. The molecular weight excluding hydrogens is 304 g/mol. The molecule has 1 aromatic rings. The van der Waals surface area contributed by atoms with Crippen molar-refractivity contribution in [3.63, 3.8) is 0 Å². The van der Waals surface area contributed by atoms with Crippen LogP contribution in [0.2, 0.25) is 0 Å². The fraction of sp³-hybridized carbons (Fsp3) is 0.333. The topological polar surface area (TPSA) is 0 Å². The van der Waals surface area contributed by atoms with Crippen molar-refractivity contribution in [1.82, 2.24) is 0 Å². The van der Waals surface area contributed by atoms with Crippen LogP contribution in [0.5, 0.6) is 0 Å². The number of hydrogen-bond donors (Lipinski definition) is 0. The van der Waals surface area contributed by atoms with Crippen LogP contribution in [0.4, 0.5) is 0 Å². The van der Waals surface area contributed by atoms with Gasteiger partial charge in [-0.05, 0) is 26.9 Å². The van der Waals surface area contributed by atoms with E-state index in [2.05, 4.69) is 64.8 Å². The quantitative estimate of drug-likeness (QED) is 0.668. The van der Waals surface area contributed by atoms with Gasteiger partial charge in [0, 0.05) is 8.96 Å². The van der Waals surface area contributed by atoms with E-state index in [1.54, 1.807) is 0 Å². The highest BCUT2D eigenvalue weighted by Gasteiger charge is 2.18. The minimum Gasteiger partial charge on any atom is -0.0622 e. The fourth-order valence-corrected chi connectivity index (χ4v) is 2.13. The van der Waals surface area contributed by atoms with E-state index in [1.807, 2.05) is 18.2 Å². The largest absolute Gasteiger partial charge is 0.0622 e. The van der Waals surface area contributed by atoms with Gasteiger partial charge in [-0.15, -0.1) is 0 Å². The summed E-state index contributed by atoms with van der Waals surface area (Å²) in [6.45, 7) is 6.55. The number of hydrogen-bond acceptors (Lipinski definition) is 0. The van der Waals surface area contributed by atoms with Crippen LogP contribution >= 0.6 is 31.9 Å². The van der Waals surface area contributed by atoms with Crippen LogP contribution < -0.4 is 0 Å². The van der Waals surface area contributed by atoms with Crippen molar-refractivity contribution < 1.29 is 0 Å². The molecular formula is C12H14Br2. The van der Waals surface area contributed by atoms with Crippen molar-refractivity contribution in [2.24, 2.45) is 5.41 Å². The molecule has 0 aliphatic rings. The summed E-state index contributed by atoms with van der Waals surface area (Å²) in [5.41, 5.74) is 1.34. The van der Waals surface area contributed by atoms with Crippen molar-refractivity contribution in [3.8, 4) is 0 Å². The zero-order chi connectivity index (χ0) is 10.8. The molecule has 14 heavy (non-hydrogen) atoms. The zero-order valence-electron chi connectivity index (χ0n) is 8.64. The SMILES string of the molecule is CC(C)(C)/C(Br)=C(\Br)c1ccccc1. The average Bonchev–Trinajstić information content (AvgIpc) is 2.15. The lowest BCUT2D eigenvalue weighted by molar-refractivity contribution is 0.538. The van der Waals surface area contributed by atoms with Gasteiger partial charge in [0.05, 0.1) is 0 Å². The standard InChI is InChI=1S/C12H14Br2/c1-12(2,3)11(14)10(13)9-7-5-4-6-8-9/h4-8H,1-3H3/b11-10+. The van der Waals surface area contributed by atoms with E-state index < -0.39 is 0 Å². The van der Waals surface area contributed by atoms with Crippen molar-refractivity contribution in [2.45, 2.75) is 20.8 Å². The summed E-state index contributed by atoms with van der Waals surface area (Å²) < 4.78 is 2.32. The highest BCUT2D eigenvalue weighted by molar-refractivity contribution is 9.16. The molecule has 0 spiro atoms. The van der Waals surface area contributed by atoms with E-state index in [0.29, 0.717) is 0 Å². The molecule has 0 bridgehead atoms. The predicted octanol–water partition coefficient (Wildman–Crippen LogP) is 5.19. The smallest absolute Gasteiger partial charge is 0.0354 e. The molecule has 0 saturated heterocycles. The minimum absolute atomic E-state index is 0.134. The molecule has 0 aliphatic carbocycles. The summed E-state index contributed by atoms with van der Waals surface area (Å²) in [7, 11) is 0. The third kappa shape index (κ3) is 2.96. The van der Waals surface area contributed by atoms with Gasteiger partial charge in [-0.3, -0.25) is 0 Å². The first-order valence-corrected chi connectivity index (χ1v) is 6.12. The van der Waals surface area contributed by atoms with Crippen LogP contribution in [0, 0.1) is 5.41 Å². The van der Waals surface area contributed by atoms with Crippen LogP contribution in [-0.2, 0) is 0 Å². The summed E-state index contributed by atoms with van der Waals surface area (Å²) >= 11 is 7.25. The molecule has 0 N–H and O–H groups in total. The Balaban J connectivity index is 3.12. The lowest BCUT2D eigenvalue weighted by Crippen LogP contribution is -2.05. The Kier molecular flexibility index (Phi) is 3.96. The van der Waals surface area contributed by atoms with E-state index in [4.69, 9.17) is 0 Å². The second-order valence-electron chi connectivity index (χ2n) is 4.24. The van der Waals surface area contributed by atoms with Gasteiger partial charge in [0.1, 0.15) is 0 Å². The van der Waals surface area contributed by atoms with Crippen LogP contribution in [0.25, 0.3) is 4.48 Å². The first kappa shape index (κ1) is 12.0. The van der Waals surface area contributed by atoms with Crippen molar-refractivity contribution in [1.29, 1.82) is 0 Å². The van der Waals surface area contributed by atoms with Crippen molar-refractivity contribution in [3.05, 3.63) is 40.4 Å². The highest BCUT2D eigenvalue weighted by Crippen LogP contribution is 2.39. The van der Waals surface area contributed by atoms with Gasteiger partial charge in [0.15, 0.2) is 0 Å². The predicted molar refractivity (Wildman–Crippen MR) is 70.7 cm³/mol. The normalized spacial score (nSPS) is 13.8. The average molecular weight is 318 g/mol. The molecule has 0 radical (unpaired) electrons. The Hall–Kier alpha value is -0.0800. The molecule has 0 saturated carbocycles. The van der Waals surface area contributed by atoms with Crippen molar-refractivity contribution >= 4 is 36.3 Å². The molecule has 1 aromatic carbocycles. The second kappa shape index (κ2) is 4.63. The lowest BCUT2D eigenvalue weighted by atomic mass is 9.95. The first-order valence-electron chi connectivity index (χ1n) is 4.54.